The van der Waals surface area contributed by atoms with Crippen molar-refractivity contribution in [3.63, 3.8) is 0 Å². The maximum Gasteiger partial charge on any atom is 0.272 e. The summed E-state index contributed by atoms with van der Waals surface area (Å²) in [6.45, 7) is 3.93. The Morgan fingerprint density at radius 3 is 1.71 bits per heavy atom. The Bertz CT molecular complexity index is 3970. The maximum absolute atomic E-state index is 14.1. The smallest absolute Gasteiger partial charge is 0.272 e. The van der Waals surface area contributed by atoms with Crippen molar-refractivity contribution < 1.29 is 32.4 Å². The summed E-state index contributed by atoms with van der Waals surface area (Å²) in [4.78, 5) is 79.6. The normalized spacial score (nSPS) is 20.1. The Morgan fingerprint density at radius 2 is 1.16 bits per heavy atom. The van der Waals surface area contributed by atoms with Crippen LogP contribution in [-0.2, 0) is 9.59 Å². The number of anilines is 3. The van der Waals surface area contributed by atoms with E-state index in [-0.39, 0.29) is 59.4 Å². The van der Waals surface area contributed by atoms with Crippen LogP contribution in [0.4, 0.5) is 21.5 Å². The fourth-order valence-corrected chi connectivity index (χ4v) is 11.3. The van der Waals surface area contributed by atoms with E-state index in [1.54, 1.807) is 83.1 Å². The molecular formula is C60H59FN18O6. The summed E-state index contributed by atoms with van der Waals surface area (Å²) in [7, 11) is 3.76. The molecule has 8 heterocycles. The highest BCUT2D eigenvalue weighted by molar-refractivity contribution is 5.98. The molecule has 8 aromatic rings. The van der Waals surface area contributed by atoms with Crippen molar-refractivity contribution in [3.05, 3.63) is 150 Å². The van der Waals surface area contributed by atoms with Gasteiger partial charge in [0, 0.05) is 107 Å². The van der Waals surface area contributed by atoms with Crippen molar-refractivity contribution in [1.29, 1.82) is 0 Å². The molecular weight excluding hydrogens is 1090 g/mol. The largest absolute Gasteiger partial charge is 0.436 e. The molecule has 432 valence electrons. The third-order valence-electron chi connectivity index (χ3n) is 16.1. The van der Waals surface area contributed by atoms with Crippen molar-refractivity contribution >= 4 is 74.6 Å². The van der Waals surface area contributed by atoms with E-state index in [0.717, 1.165) is 29.7 Å². The second kappa shape index (κ2) is 22.1. The van der Waals surface area contributed by atoms with Crippen LogP contribution in [0.15, 0.2) is 147 Å². The predicted molar refractivity (Wildman–Crippen MR) is 313 cm³/mol. The van der Waals surface area contributed by atoms with Crippen LogP contribution in [0.3, 0.4) is 0 Å². The molecule has 85 heavy (non-hydrogen) atoms. The summed E-state index contributed by atoms with van der Waals surface area (Å²) < 4.78 is 25.6. The number of hydrogen-bond acceptors (Lipinski definition) is 20. The van der Waals surface area contributed by atoms with Crippen molar-refractivity contribution in [2.45, 2.75) is 37.5 Å². The number of hydrazone groups is 2. The van der Waals surface area contributed by atoms with Gasteiger partial charge in [0.05, 0.1) is 23.7 Å². The molecule has 0 unspecified atom stereocenters. The van der Waals surface area contributed by atoms with E-state index < -0.39 is 12.1 Å². The van der Waals surface area contributed by atoms with E-state index in [9.17, 15) is 23.6 Å². The first-order chi connectivity index (χ1) is 41.4. The molecule has 24 nitrogen and oxygen atoms in total. The highest BCUT2D eigenvalue weighted by Crippen LogP contribution is 2.37. The van der Waals surface area contributed by atoms with E-state index in [1.807, 2.05) is 59.6 Å². The standard InChI is InChI=1S/C60H59FN18O6/c1-73-69-53(68-72-73)52(76-23-27-78(28-24-76)60(83)48-30-38(17-19-63-48)57-66-45-32-40(13-15-49(45)84-57)64-55(80)36-11-12-36)37-9-6-10-42(29-37)79-71-54(70-74(79)2)51(35-7-4-3-5-8-35)75-21-25-77(26-22-75)59(82)47-31-39(18-20-62-47)58-67-46-33-41(14-16-50(46)85-58)65-56(81)43-34-44(43)61/h3-10,13-20,29-33,36,43-44,51-52,72H,11-12,21-28,34H2,1-2H3,(H,64,80)(H,65,81)(H,68,69)(H,70,71)/t43-,44+,51+,52-/m0/s1. The van der Waals surface area contributed by atoms with Gasteiger partial charge in [-0.05, 0) is 103 Å². The van der Waals surface area contributed by atoms with Gasteiger partial charge in [-0.3, -0.25) is 49.8 Å². The quantitative estimate of drug-likeness (QED) is 0.0767. The lowest BCUT2D eigenvalue weighted by Crippen LogP contribution is -2.53. The average molecular weight is 1150 g/mol. The van der Waals surface area contributed by atoms with Gasteiger partial charge in [0.25, 0.3) is 11.8 Å². The number of halogens is 1. The van der Waals surface area contributed by atoms with Crippen LogP contribution < -0.4 is 32.1 Å². The average Bonchev–Trinajstić information content (AvgIpc) is 4.46. The van der Waals surface area contributed by atoms with Crippen LogP contribution in [0.1, 0.15) is 63.4 Å². The molecule has 4 aromatic carbocycles. The number of alkyl halides is 1. The van der Waals surface area contributed by atoms with Crippen molar-refractivity contribution in [2.24, 2.45) is 22.0 Å². The summed E-state index contributed by atoms with van der Waals surface area (Å²) >= 11 is 0. The van der Waals surface area contributed by atoms with Gasteiger partial charge >= 0.3 is 0 Å². The number of hydrazine groups is 4. The fourth-order valence-electron chi connectivity index (χ4n) is 11.3. The maximum atomic E-state index is 14.1. The molecule has 14 rings (SSSR count). The van der Waals surface area contributed by atoms with Crippen LogP contribution in [-0.4, -0.2) is 158 Å². The molecule has 25 heteroatoms. The first kappa shape index (κ1) is 53.3. The number of benzene rings is 4. The molecule has 2 saturated heterocycles. The van der Waals surface area contributed by atoms with Gasteiger partial charge in [-0.1, -0.05) is 42.5 Å². The summed E-state index contributed by atoms with van der Waals surface area (Å²) in [6.07, 6.45) is 4.11. The van der Waals surface area contributed by atoms with Crippen LogP contribution in [0, 0.1) is 11.8 Å². The lowest BCUT2D eigenvalue weighted by atomic mass is 10.0. The Hall–Kier alpha value is -9.69. The van der Waals surface area contributed by atoms with Crippen molar-refractivity contribution in [1.82, 2.24) is 66.2 Å². The van der Waals surface area contributed by atoms with Crippen molar-refractivity contribution in [3.8, 4) is 22.9 Å². The SMILES string of the molecule is CN1NN=C([C@H](c2cccc(N3N=C([C@@H](c4ccccc4)N4CCN(C(=O)c5cc(-c6nc7cc(NC(=O)[C@H]8C[C@H]8F)ccc7o6)ccn5)CC4)NN3C)c2)N2CCN(C(=O)c3cc(-c4nc5cc(NC(=O)C6CC6)ccc5o4)ccn3)CC2)N1. The molecule has 6 aliphatic rings. The number of hydrogen-bond donors (Lipinski definition) is 5. The van der Waals surface area contributed by atoms with E-state index in [2.05, 4.69) is 81.1 Å². The molecule has 4 fully saturated rings. The third kappa shape index (κ3) is 11.0. The van der Waals surface area contributed by atoms with E-state index >= 15 is 0 Å². The highest BCUT2D eigenvalue weighted by Gasteiger charge is 2.44. The van der Waals surface area contributed by atoms with E-state index in [4.69, 9.17) is 18.9 Å². The van der Waals surface area contributed by atoms with Crippen molar-refractivity contribution in [2.75, 3.05) is 82.2 Å². The topological polar surface area (TPSA) is 254 Å². The number of amidine groups is 2. The lowest BCUT2D eigenvalue weighted by molar-refractivity contribution is -0.118. The number of carbonyl (C=O) groups excluding carboxylic acids is 4. The van der Waals surface area contributed by atoms with Gasteiger partial charge in [-0.2, -0.15) is 5.12 Å². The van der Waals surface area contributed by atoms with Gasteiger partial charge in [-0.15, -0.1) is 20.4 Å². The zero-order valence-corrected chi connectivity index (χ0v) is 46.4. The van der Waals surface area contributed by atoms with Crippen LogP contribution in [0.5, 0.6) is 0 Å². The summed E-state index contributed by atoms with van der Waals surface area (Å²) in [6, 6.07) is 35.1. The summed E-state index contributed by atoms with van der Waals surface area (Å²) in [5.74, 6) is 0.749. The lowest BCUT2D eigenvalue weighted by Gasteiger charge is -2.39. The fraction of sp³-hybridized carbons (Fsp3) is 0.300. The number of oxazole rings is 2. The number of carbonyl (C=O) groups is 4. The van der Waals surface area contributed by atoms with E-state index in [0.29, 0.717) is 121 Å². The Kier molecular flexibility index (Phi) is 13.9. The zero-order chi connectivity index (χ0) is 57.9. The van der Waals surface area contributed by atoms with Crippen LogP contribution >= 0.6 is 0 Å². The molecule has 4 atom stereocenters. The number of pyridine rings is 2. The van der Waals surface area contributed by atoms with E-state index in [1.165, 1.54) is 0 Å². The number of piperazine rings is 2. The third-order valence-corrected chi connectivity index (χ3v) is 16.1. The number of aromatic nitrogens is 4. The molecule has 4 aliphatic heterocycles. The molecule has 5 N–H and O–H groups in total. The van der Waals surface area contributed by atoms with Gasteiger partial charge in [-0.25, -0.2) is 19.9 Å². The highest BCUT2D eigenvalue weighted by atomic mass is 19.1. The Balaban J connectivity index is 0.644. The minimum atomic E-state index is -1.10. The van der Waals surface area contributed by atoms with Crippen LogP contribution in [0.25, 0.3) is 45.1 Å². The molecule has 0 spiro atoms. The monoisotopic (exact) mass is 1150 g/mol. The zero-order valence-electron chi connectivity index (χ0n) is 46.4. The minimum absolute atomic E-state index is 0.0141. The summed E-state index contributed by atoms with van der Waals surface area (Å²) in [5, 5.41) is 21.0. The van der Waals surface area contributed by atoms with Gasteiger partial charge < -0.3 is 29.3 Å². The van der Waals surface area contributed by atoms with Gasteiger partial charge in [0.1, 0.15) is 28.6 Å². The first-order valence-corrected chi connectivity index (χ1v) is 28.4. The molecule has 0 bridgehead atoms. The number of nitrogens with one attached hydrogen (secondary N) is 5. The number of rotatable bonds is 15. The Morgan fingerprint density at radius 1 is 0.612 bits per heavy atom. The minimum Gasteiger partial charge on any atom is -0.436 e. The van der Waals surface area contributed by atoms with Crippen LogP contribution in [0.2, 0.25) is 0 Å². The van der Waals surface area contributed by atoms with Gasteiger partial charge in [0.15, 0.2) is 22.8 Å². The molecule has 4 amide bonds. The molecule has 4 aromatic heterocycles. The Labute approximate surface area is 486 Å². The second-order valence-corrected chi connectivity index (χ2v) is 22.0. The number of nitrogens with zero attached hydrogens (tertiary/aromatic N) is 13. The molecule has 2 saturated carbocycles. The summed E-state index contributed by atoms with van der Waals surface area (Å²) in [5.41, 5.74) is 17.8. The molecule has 0 radical (unpaired) electrons. The number of amides is 4. The van der Waals surface area contributed by atoms with Gasteiger partial charge in [0.2, 0.25) is 23.6 Å². The first-order valence-electron chi connectivity index (χ1n) is 28.4. The second-order valence-electron chi connectivity index (χ2n) is 22.0. The number of fused-ring (bicyclic) bond motifs is 2. The molecule has 2 aliphatic carbocycles. The predicted octanol–water partition coefficient (Wildman–Crippen LogP) is 6.19.